The van der Waals surface area contributed by atoms with Gasteiger partial charge >= 0.3 is 0 Å². The van der Waals surface area contributed by atoms with Crippen LogP contribution in [0.25, 0.3) is 38.0 Å². The molecule has 3 aromatic heterocycles. The van der Waals surface area contributed by atoms with E-state index in [1.54, 1.807) is 34.9 Å². The molecule has 5 rings (SSSR count). The minimum Gasteiger partial charge on any atom is -0.268 e. The second kappa shape index (κ2) is 6.42. The summed E-state index contributed by atoms with van der Waals surface area (Å²) < 4.78 is 1.57. The molecule has 0 spiro atoms. The summed E-state index contributed by atoms with van der Waals surface area (Å²) in [7, 11) is 0. The van der Waals surface area contributed by atoms with Gasteiger partial charge in [0.25, 0.3) is 5.56 Å². The Morgan fingerprint density at radius 2 is 1.82 bits per heavy atom. The van der Waals surface area contributed by atoms with Crippen LogP contribution in [0.2, 0.25) is 15.1 Å². The van der Waals surface area contributed by atoms with Crippen LogP contribution < -0.4 is 5.56 Å². The Kier molecular flexibility index (Phi) is 4.10. The number of nitrogens with zero attached hydrogens (tertiary/aromatic N) is 3. The van der Waals surface area contributed by atoms with Crippen molar-refractivity contribution in [1.29, 1.82) is 0 Å². The lowest BCUT2D eigenvalue weighted by Crippen LogP contribution is -2.15. The van der Waals surface area contributed by atoms with Crippen LogP contribution in [0.15, 0.2) is 46.7 Å². The Morgan fingerprint density at radius 1 is 1.00 bits per heavy atom. The molecule has 0 aliphatic rings. The van der Waals surface area contributed by atoms with Crippen molar-refractivity contribution in [2.75, 3.05) is 0 Å². The summed E-state index contributed by atoms with van der Waals surface area (Å²) in [6.45, 7) is 1.90. The molecule has 3 heterocycles. The van der Waals surface area contributed by atoms with Crippen LogP contribution in [-0.2, 0) is 0 Å². The van der Waals surface area contributed by atoms with E-state index in [4.69, 9.17) is 39.8 Å². The van der Waals surface area contributed by atoms with Crippen LogP contribution in [-0.4, -0.2) is 14.4 Å². The van der Waals surface area contributed by atoms with Crippen LogP contribution in [0.5, 0.6) is 0 Å². The number of thiazole rings is 1. The first-order valence-electron chi connectivity index (χ1n) is 8.29. The lowest BCUT2D eigenvalue weighted by Gasteiger charge is -2.08. The molecule has 0 N–H and O–H groups in total. The van der Waals surface area contributed by atoms with Crippen LogP contribution >= 0.6 is 46.1 Å². The van der Waals surface area contributed by atoms with E-state index in [-0.39, 0.29) is 5.56 Å². The van der Waals surface area contributed by atoms with Gasteiger partial charge in [-0.3, -0.25) is 14.2 Å². The summed E-state index contributed by atoms with van der Waals surface area (Å²) >= 11 is 20.0. The van der Waals surface area contributed by atoms with Crippen molar-refractivity contribution in [2.24, 2.45) is 0 Å². The third-order valence-electron chi connectivity index (χ3n) is 4.75. The molecule has 0 aliphatic carbocycles. The lowest BCUT2D eigenvalue weighted by atomic mass is 10.1. The number of hydrogen-bond acceptors (Lipinski definition) is 4. The van der Waals surface area contributed by atoms with Gasteiger partial charge in [-0.25, -0.2) is 4.98 Å². The summed E-state index contributed by atoms with van der Waals surface area (Å²) in [5.74, 6) is 0. The standard InChI is InChI=1S/C20H10Cl3N3OS/c1-9-14(22)5-4-12-17(9)24-7-13-18(12)25-20-26(19(13)27)16(8-28-20)11-3-2-10(21)6-15(11)23/h2-8H,1H3. The third-order valence-corrected chi connectivity index (χ3v) is 6.54. The predicted octanol–water partition coefficient (Wildman–Crippen LogP) is 6.39. The summed E-state index contributed by atoms with van der Waals surface area (Å²) in [6, 6.07) is 8.86. The van der Waals surface area contributed by atoms with Gasteiger partial charge in [0.1, 0.15) is 0 Å². The largest absolute Gasteiger partial charge is 0.268 e. The van der Waals surface area contributed by atoms with E-state index < -0.39 is 0 Å². The predicted molar refractivity (Wildman–Crippen MR) is 117 cm³/mol. The van der Waals surface area contributed by atoms with Gasteiger partial charge in [-0.2, -0.15) is 0 Å². The first-order valence-corrected chi connectivity index (χ1v) is 10.3. The van der Waals surface area contributed by atoms with E-state index >= 15 is 0 Å². The van der Waals surface area contributed by atoms with Crippen molar-refractivity contribution in [3.05, 3.63) is 72.9 Å². The number of fused-ring (bicyclic) bond motifs is 4. The quantitative estimate of drug-likeness (QED) is 0.280. The molecule has 0 atom stereocenters. The molecule has 4 nitrogen and oxygen atoms in total. The highest BCUT2D eigenvalue weighted by molar-refractivity contribution is 7.15. The zero-order chi connectivity index (χ0) is 19.6. The minimum absolute atomic E-state index is 0.190. The zero-order valence-corrected chi connectivity index (χ0v) is 17.4. The number of pyridine rings is 1. The van der Waals surface area contributed by atoms with E-state index in [9.17, 15) is 4.79 Å². The van der Waals surface area contributed by atoms with Gasteiger partial charge in [0.05, 0.1) is 27.1 Å². The number of rotatable bonds is 1. The SMILES string of the molecule is Cc1c(Cl)ccc2c1ncc1c(=O)n3c(-c4ccc(Cl)cc4Cl)csc3nc12. The van der Waals surface area contributed by atoms with E-state index in [2.05, 4.69) is 4.98 Å². The highest BCUT2D eigenvalue weighted by Crippen LogP contribution is 2.33. The molecular weight excluding hydrogens is 437 g/mol. The van der Waals surface area contributed by atoms with E-state index in [1.807, 2.05) is 18.4 Å². The van der Waals surface area contributed by atoms with Crippen molar-refractivity contribution in [2.45, 2.75) is 6.92 Å². The maximum absolute atomic E-state index is 13.3. The number of benzene rings is 2. The molecule has 8 heteroatoms. The summed E-state index contributed by atoms with van der Waals surface area (Å²) in [5.41, 5.74) is 3.43. The van der Waals surface area contributed by atoms with Crippen molar-refractivity contribution >= 4 is 72.9 Å². The Bertz CT molecular complexity index is 1490. The fourth-order valence-electron chi connectivity index (χ4n) is 3.33. The van der Waals surface area contributed by atoms with Crippen LogP contribution in [0.1, 0.15) is 5.56 Å². The monoisotopic (exact) mass is 445 g/mol. The fourth-order valence-corrected chi connectivity index (χ4v) is 4.87. The number of aryl methyl sites for hydroxylation is 1. The normalized spacial score (nSPS) is 11.7. The zero-order valence-electron chi connectivity index (χ0n) is 14.3. The second-order valence-electron chi connectivity index (χ2n) is 6.37. The van der Waals surface area contributed by atoms with Gasteiger partial charge in [0.15, 0.2) is 4.96 Å². The Morgan fingerprint density at radius 3 is 2.61 bits per heavy atom. The smallest absolute Gasteiger partial charge is 0.268 e. The molecular formula is C20H10Cl3N3OS. The van der Waals surface area contributed by atoms with Gasteiger partial charge < -0.3 is 0 Å². The van der Waals surface area contributed by atoms with Gasteiger partial charge in [-0.1, -0.05) is 34.8 Å². The summed E-state index contributed by atoms with van der Waals surface area (Å²) in [5, 5.41) is 4.76. The van der Waals surface area contributed by atoms with Crippen molar-refractivity contribution in [3.63, 3.8) is 0 Å². The van der Waals surface area contributed by atoms with Crippen molar-refractivity contribution < 1.29 is 0 Å². The van der Waals surface area contributed by atoms with E-state index in [1.165, 1.54) is 11.3 Å². The Hall–Kier alpha value is -2.18. The molecule has 0 fully saturated rings. The first kappa shape index (κ1) is 17.9. The minimum atomic E-state index is -0.190. The van der Waals surface area contributed by atoms with Gasteiger partial charge in [0.2, 0.25) is 0 Å². The van der Waals surface area contributed by atoms with Crippen LogP contribution in [0.4, 0.5) is 0 Å². The van der Waals surface area contributed by atoms with Gasteiger partial charge in [-0.05, 0) is 42.8 Å². The molecule has 0 saturated carbocycles. The molecule has 2 aromatic carbocycles. The van der Waals surface area contributed by atoms with Crippen LogP contribution in [0.3, 0.4) is 0 Å². The summed E-state index contributed by atoms with van der Waals surface area (Å²) in [6.07, 6.45) is 1.56. The van der Waals surface area contributed by atoms with E-state index in [0.29, 0.717) is 36.6 Å². The summed E-state index contributed by atoms with van der Waals surface area (Å²) in [4.78, 5) is 23.1. The highest BCUT2D eigenvalue weighted by atomic mass is 35.5. The van der Waals surface area contributed by atoms with Crippen molar-refractivity contribution in [1.82, 2.24) is 14.4 Å². The topological polar surface area (TPSA) is 47.3 Å². The van der Waals surface area contributed by atoms with Crippen LogP contribution in [0, 0.1) is 6.92 Å². The molecule has 138 valence electrons. The molecule has 0 amide bonds. The highest BCUT2D eigenvalue weighted by Gasteiger charge is 2.17. The molecule has 0 saturated heterocycles. The number of hydrogen-bond donors (Lipinski definition) is 0. The Balaban J connectivity index is 1.90. The van der Waals surface area contributed by atoms with Gasteiger partial charge in [-0.15, -0.1) is 11.3 Å². The average molecular weight is 447 g/mol. The average Bonchev–Trinajstić information content (AvgIpc) is 3.09. The van der Waals surface area contributed by atoms with Crippen molar-refractivity contribution in [3.8, 4) is 11.3 Å². The lowest BCUT2D eigenvalue weighted by molar-refractivity contribution is 1.12. The number of halogens is 3. The molecule has 28 heavy (non-hydrogen) atoms. The van der Waals surface area contributed by atoms with Gasteiger partial charge in [0, 0.05) is 32.6 Å². The molecule has 0 bridgehead atoms. The maximum atomic E-state index is 13.3. The molecule has 5 aromatic rings. The van der Waals surface area contributed by atoms with E-state index in [0.717, 1.165) is 22.0 Å². The third kappa shape index (κ3) is 2.54. The molecule has 0 unspecified atom stereocenters. The Labute approximate surface area is 177 Å². The molecule has 0 radical (unpaired) electrons. The fraction of sp³-hybridized carbons (Fsp3) is 0.0500. The molecule has 0 aliphatic heterocycles. The first-order chi connectivity index (χ1) is 13.5. The second-order valence-corrected chi connectivity index (χ2v) is 8.46. The maximum Gasteiger partial charge on any atom is 0.268 e. The number of aromatic nitrogens is 3.